The Morgan fingerprint density at radius 2 is 1.88 bits per heavy atom. The maximum atomic E-state index is 12.7. The summed E-state index contributed by atoms with van der Waals surface area (Å²) in [5, 5.41) is 3.62. The first-order valence-corrected chi connectivity index (χ1v) is 9.62. The van der Waals surface area contributed by atoms with Crippen molar-refractivity contribution in [1.29, 1.82) is 0 Å². The first-order chi connectivity index (χ1) is 12.1. The van der Waals surface area contributed by atoms with E-state index in [1.165, 1.54) is 6.07 Å². The Balaban J connectivity index is 1.67. The smallest absolute Gasteiger partial charge is 0.255 e. The van der Waals surface area contributed by atoms with Crippen molar-refractivity contribution < 1.29 is 9.59 Å². The van der Waals surface area contributed by atoms with Crippen LogP contribution >= 0.6 is 35.0 Å². The number of thioether (sulfide) groups is 1. The highest BCUT2D eigenvalue weighted by atomic mass is 35.5. The number of carbonyl (C=O) groups is 2. The Labute approximate surface area is 160 Å². The van der Waals surface area contributed by atoms with Crippen molar-refractivity contribution in [1.82, 2.24) is 10.2 Å². The molecule has 1 aliphatic rings. The number of nitrogens with one attached hydrogen (secondary N) is 1. The first kappa shape index (κ1) is 18.1. The summed E-state index contributed by atoms with van der Waals surface area (Å²) in [6.07, 6.45) is 0. The monoisotopic (exact) mass is 394 g/mol. The van der Waals surface area contributed by atoms with Crippen LogP contribution in [0, 0.1) is 0 Å². The topological polar surface area (TPSA) is 49.4 Å². The summed E-state index contributed by atoms with van der Waals surface area (Å²) in [7, 11) is 0. The van der Waals surface area contributed by atoms with Gasteiger partial charge < -0.3 is 10.2 Å². The van der Waals surface area contributed by atoms with Crippen molar-refractivity contribution >= 4 is 46.8 Å². The van der Waals surface area contributed by atoms with Crippen LogP contribution in [-0.2, 0) is 11.3 Å². The van der Waals surface area contributed by atoms with Crippen LogP contribution < -0.4 is 5.32 Å². The first-order valence-electron chi connectivity index (χ1n) is 7.71. The summed E-state index contributed by atoms with van der Waals surface area (Å²) in [6.45, 7) is 0.440. The predicted molar refractivity (Wildman–Crippen MR) is 102 cm³/mol. The number of carbonyl (C=O) groups excluding carboxylic acids is 2. The normalized spacial score (nSPS) is 16.7. The average Bonchev–Trinajstić information content (AvgIpc) is 3.12. The Morgan fingerprint density at radius 1 is 1.12 bits per heavy atom. The van der Waals surface area contributed by atoms with Gasteiger partial charge in [0.15, 0.2) is 0 Å². The van der Waals surface area contributed by atoms with Crippen LogP contribution in [0.4, 0.5) is 0 Å². The lowest BCUT2D eigenvalue weighted by Gasteiger charge is -2.23. The van der Waals surface area contributed by atoms with Gasteiger partial charge in [-0.1, -0.05) is 53.5 Å². The zero-order valence-corrected chi connectivity index (χ0v) is 15.6. The summed E-state index contributed by atoms with van der Waals surface area (Å²) >= 11 is 13.4. The van der Waals surface area contributed by atoms with E-state index in [4.69, 9.17) is 23.2 Å². The van der Waals surface area contributed by atoms with Gasteiger partial charge in [0.1, 0.15) is 6.04 Å². The van der Waals surface area contributed by atoms with E-state index >= 15 is 0 Å². The van der Waals surface area contributed by atoms with Crippen molar-refractivity contribution in [2.75, 3.05) is 11.6 Å². The van der Waals surface area contributed by atoms with Gasteiger partial charge in [-0.3, -0.25) is 9.59 Å². The number of halogens is 2. The van der Waals surface area contributed by atoms with Gasteiger partial charge in [-0.25, -0.2) is 0 Å². The predicted octanol–water partition coefficient (Wildman–Crippen LogP) is 3.82. The quantitative estimate of drug-likeness (QED) is 0.856. The molecular weight excluding hydrogens is 379 g/mol. The molecule has 0 radical (unpaired) electrons. The molecule has 130 valence electrons. The number of amides is 2. The van der Waals surface area contributed by atoms with Crippen molar-refractivity contribution in [3.05, 3.63) is 69.7 Å². The second-order valence-electron chi connectivity index (χ2n) is 5.62. The molecule has 0 saturated carbocycles. The fourth-order valence-electron chi connectivity index (χ4n) is 2.56. The van der Waals surface area contributed by atoms with Crippen LogP contribution in [0.15, 0.2) is 48.5 Å². The summed E-state index contributed by atoms with van der Waals surface area (Å²) in [6, 6.07) is 13.9. The summed E-state index contributed by atoms with van der Waals surface area (Å²) in [5.74, 6) is 0.682. The van der Waals surface area contributed by atoms with E-state index in [-0.39, 0.29) is 11.8 Å². The molecule has 25 heavy (non-hydrogen) atoms. The fraction of sp³-hybridized carbons (Fsp3) is 0.222. The van der Waals surface area contributed by atoms with Gasteiger partial charge in [0.05, 0.1) is 15.9 Å². The van der Waals surface area contributed by atoms with Crippen LogP contribution in [0.3, 0.4) is 0 Å². The Hall–Kier alpha value is -1.69. The van der Waals surface area contributed by atoms with E-state index in [1.807, 2.05) is 30.3 Å². The summed E-state index contributed by atoms with van der Waals surface area (Å²) in [4.78, 5) is 26.8. The van der Waals surface area contributed by atoms with E-state index < -0.39 is 6.04 Å². The minimum absolute atomic E-state index is 0.151. The molecule has 0 bridgehead atoms. The van der Waals surface area contributed by atoms with Gasteiger partial charge in [-0.15, -0.1) is 11.8 Å². The number of hydrogen-bond donors (Lipinski definition) is 1. The maximum absolute atomic E-state index is 12.7. The van der Waals surface area contributed by atoms with Crippen molar-refractivity contribution in [2.45, 2.75) is 12.6 Å². The second kappa shape index (κ2) is 8.13. The van der Waals surface area contributed by atoms with Crippen LogP contribution in [0.2, 0.25) is 10.0 Å². The minimum Gasteiger partial charge on any atom is -0.350 e. The summed E-state index contributed by atoms with van der Waals surface area (Å²) in [5.41, 5.74) is 1.45. The SMILES string of the molecule is O=C(NCc1ccccc1)C1CSCN1C(=O)c1ccc(Cl)c(Cl)c1. The Bertz CT molecular complexity index is 786. The molecule has 0 spiro atoms. The van der Waals surface area contributed by atoms with Gasteiger partial charge in [-0.2, -0.15) is 0 Å². The zero-order valence-electron chi connectivity index (χ0n) is 13.2. The van der Waals surface area contributed by atoms with E-state index in [0.29, 0.717) is 33.8 Å². The highest BCUT2D eigenvalue weighted by Crippen LogP contribution is 2.27. The Kier molecular flexibility index (Phi) is 5.89. The molecule has 2 amide bonds. The molecule has 1 fully saturated rings. The minimum atomic E-state index is -0.490. The lowest BCUT2D eigenvalue weighted by molar-refractivity contribution is -0.124. The molecule has 1 N–H and O–H groups in total. The molecule has 0 aromatic heterocycles. The molecule has 1 aliphatic heterocycles. The lowest BCUT2D eigenvalue weighted by Crippen LogP contribution is -2.47. The third kappa shape index (κ3) is 4.29. The molecule has 1 heterocycles. The molecule has 1 unspecified atom stereocenters. The van der Waals surface area contributed by atoms with Crippen molar-refractivity contribution in [3.63, 3.8) is 0 Å². The zero-order chi connectivity index (χ0) is 17.8. The Morgan fingerprint density at radius 3 is 2.60 bits per heavy atom. The van der Waals surface area contributed by atoms with Crippen LogP contribution in [0.5, 0.6) is 0 Å². The third-order valence-corrected chi connectivity index (χ3v) is 5.67. The molecule has 0 aliphatic carbocycles. The van der Waals surface area contributed by atoms with E-state index in [1.54, 1.807) is 28.8 Å². The van der Waals surface area contributed by atoms with E-state index in [9.17, 15) is 9.59 Å². The number of benzene rings is 2. The van der Waals surface area contributed by atoms with Gasteiger partial charge in [0.25, 0.3) is 5.91 Å². The number of nitrogens with zero attached hydrogens (tertiary/aromatic N) is 1. The molecule has 2 aromatic rings. The van der Waals surface area contributed by atoms with E-state index in [0.717, 1.165) is 5.56 Å². The largest absolute Gasteiger partial charge is 0.350 e. The molecule has 7 heteroatoms. The van der Waals surface area contributed by atoms with Crippen molar-refractivity contribution in [2.24, 2.45) is 0 Å². The van der Waals surface area contributed by atoms with Gasteiger partial charge in [0.2, 0.25) is 5.91 Å². The lowest BCUT2D eigenvalue weighted by atomic mass is 10.1. The van der Waals surface area contributed by atoms with Gasteiger partial charge in [0, 0.05) is 17.9 Å². The highest BCUT2D eigenvalue weighted by Gasteiger charge is 2.35. The van der Waals surface area contributed by atoms with Crippen molar-refractivity contribution in [3.8, 4) is 0 Å². The van der Waals surface area contributed by atoms with Crippen LogP contribution in [-0.4, -0.2) is 34.4 Å². The van der Waals surface area contributed by atoms with Crippen LogP contribution in [0.1, 0.15) is 15.9 Å². The third-order valence-electron chi connectivity index (χ3n) is 3.92. The van der Waals surface area contributed by atoms with Crippen LogP contribution in [0.25, 0.3) is 0 Å². The maximum Gasteiger partial charge on any atom is 0.255 e. The number of rotatable bonds is 4. The van der Waals surface area contributed by atoms with Gasteiger partial charge >= 0.3 is 0 Å². The average molecular weight is 395 g/mol. The highest BCUT2D eigenvalue weighted by molar-refractivity contribution is 7.99. The molecule has 3 rings (SSSR count). The summed E-state index contributed by atoms with van der Waals surface area (Å²) < 4.78 is 0. The standard InChI is InChI=1S/C18H16Cl2N2O2S/c19-14-7-6-13(8-15(14)20)18(24)22-11-25-10-16(22)17(23)21-9-12-4-2-1-3-5-12/h1-8,16H,9-11H2,(H,21,23). The molecule has 2 aromatic carbocycles. The van der Waals surface area contributed by atoms with E-state index in [2.05, 4.69) is 5.32 Å². The second-order valence-corrected chi connectivity index (χ2v) is 7.44. The molecular formula is C18H16Cl2N2O2S. The fourth-order valence-corrected chi connectivity index (χ4v) is 4.01. The number of hydrogen-bond acceptors (Lipinski definition) is 3. The van der Waals surface area contributed by atoms with Gasteiger partial charge in [-0.05, 0) is 23.8 Å². The molecule has 4 nitrogen and oxygen atoms in total. The molecule has 1 saturated heterocycles. The molecule has 1 atom stereocenters.